The van der Waals surface area contributed by atoms with Gasteiger partial charge in [0, 0.05) is 37.7 Å². The molecule has 25 heavy (non-hydrogen) atoms. The highest BCUT2D eigenvalue weighted by molar-refractivity contribution is 5.91. The highest BCUT2D eigenvalue weighted by atomic mass is 16.3. The molecule has 2 aromatic rings. The summed E-state index contributed by atoms with van der Waals surface area (Å²) < 4.78 is 1.96. The molecule has 2 aliphatic heterocycles. The van der Waals surface area contributed by atoms with Crippen molar-refractivity contribution in [3.05, 3.63) is 29.1 Å². The van der Waals surface area contributed by atoms with Gasteiger partial charge in [0.25, 0.3) is 5.91 Å². The second-order valence-corrected chi connectivity index (χ2v) is 7.19. The molecule has 0 spiro atoms. The van der Waals surface area contributed by atoms with Gasteiger partial charge in [0.15, 0.2) is 0 Å². The van der Waals surface area contributed by atoms with Crippen LogP contribution in [0.1, 0.15) is 47.1 Å². The van der Waals surface area contributed by atoms with Gasteiger partial charge < -0.3 is 14.6 Å². The summed E-state index contributed by atoms with van der Waals surface area (Å²) in [6, 6.07) is 1.98. The van der Waals surface area contributed by atoms with E-state index in [1.807, 2.05) is 17.6 Å². The topological polar surface area (TPSA) is 99.9 Å². The maximum atomic E-state index is 12.9. The lowest BCUT2D eigenvalue weighted by atomic mass is 10.0. The summed E-state index contributed by atoms with van der Waals surface area (Å²) in [5.41, 5.74) is 1.92. The smallest absolute Gasteiger partial charge is 0.291 e. The molecule has 8 heteroatoms. The molecule has 0 aliphatic carbocycles. The number of aromatic nitrogens is 5. The second kappa shape index (κ2) is 6.59. The Kier molecular flexibility index (Phi) is 4.29. The molecule has 0 saturated carbocycles. The Labute approximate surface area is 146 Å². The van der Waals surface area contributed by atoms with Crippen molar-refractivity contribution in [3.8, 4) is 0 Å². The number of carbonyl (C=O) groups is 1. The Hall–Kier alpha value is -2.22. The third kappa shape index (κ3) is 3.18. The average Bonchev–Trinajstić information content (AvgIpc) is 3.23. The van der Waals surface area contributed by atoms with Crippen molar-refractivity contribution in [2.75, 3.05) is 13.1 Å². The number of aromatic amines is 1. The molecule has 4 rings (SSSR count). The van der Waals surface area contributed by atoms with Crippen LogP contribution < -0.4 is 0 Å². The minimum absolute atomic E-state index is 0.00169. The quantitative estimate of drug-likeness (QED) is 0.854. The largest absolute Gasteiger partial charge is 0.391 e. The van der Waals surface area contributed by atoms with Crippen molar-refractivity contribution in [2.24, 2.45) is 5.92 Å². The molecule has 1 saturated heterocycles. The number of rotatable bonds is 3. The molecule has 2 aliphatic rings. The van der Waals surface area contributed by atoms with Gasteiger partial charge in [-0.15, -0.1) is 10.2 Å². The number of likely N-dealkylation sites (tertiary alicyclic amines) is 1. The summed E-state index contributed by atoms with van der Waals surface area (Å²) in [5, 5.41) is 25.9. The predicted molar refractivity (Wildman–Crippen MR) is 90.0 cm³/mol. The summed E-state index contributed by atoms with van der Waals surface area (Å²) >= 11 is 0. The van der Waals surface area contributed by atoms with Crippen LogP contribution in [0.4, 0.5) is 0 Å². The third-order valence-corrected chi connectivity index (χ3v) is 5.22. The van der Waals surface area contributed by atoms with E-state index in [1.54, 1.807) is 4.90 Å². The fourth-order valence-electron chi connectivity index (χ4n) is 3.85. The molecule has 1 fully saturated rings. The van der Waals surface area contributed by atoms with E-state index in [0.29, 0.717) is 25.3 Å². The van der Waals surface area contributed by atoms with E-state index in [1.165, 1.54) is 0 Å². The molecule has 0 unspecified atom stereocenters. The van der Waals surface area contributed by atoms with Crippen molar-refractivity contribution in [1.82, 2.24) is 29.9 Å². The number of fused-ring (bicyclic) bond motifs is 1. The van der Waals surface area contributed by atoms with Gasteiger partial charge in [0.2, 0.25) is 5.82 Å². The van der Waals surface area contributed by atoms with E-state index in [0.717, 1.165) is 49.4 Å². The van der Waals surface area contributed by atoms with Crippen molar-refractivity contribution in [2.45, 2.75) is 51.7 Å². The number of carbonyl (C=O) groups excluding carboxylic acids is 1. The number of amides is 1. The van der Waals surface area contributed by atoms with Gasteiger partial charge in [0.1, 0.15) is 5.82 Å². The van der Waals surface area contributed by atoms with Crippen molar-refractivity contribution < 1.29 is 9.90 Å². The van der Waals surface area contributed by atoms with E-state index in [9.17, 15) is 9.90 Å². The summed E-state index contributed by atoms with van der Waals surface area (Å²) in [7, 11) is 0. The first-order valence-electron chi connectivity index (χ1n) is 9.02. The number of hydrogen-bond donors (Lipinski definition) is 2. The molecule has 1 amide bonds. The Morgan fingerprint density at radius 3 is 3.00 bits per heavy atom. The predicted octanol–water partition coefficient (Wildman–Crippen LogP) is 0.712. The van der Waals surface area contributed by atoms with Crippen LogP contribution in [-0.4, -0.2) is 60.1 Å². The molecule has 134 valence electrons. The average molecular weight is 344 g/mol. The van der Waals surface area contributed by atoms with Gasteiger partial charge in [0.05, 0.1) is 11.8 Å². The standard InChI is InChI=1S/C17H24N6O2/c1-11-7-13(19-18-11)8-12-9-22(10-14(12)24)17(25)16-21-20-15-5-3-2-4-6-23(15)16/h7,12,14,24H,2-6,8-10H2,1H3,(H,18,19)/t12-,14+/m1/s1. The van der Waals surface area contributed by atoms with Crippen LogP contribution in [0, 0.1) is 12.8 Å². The van der Waals surface area contributed by atoms with E-state index in [-0.39, 0.29) is 11.8 Å². The first-order chi connectivity index (χ1) is 12.1. The minimum Gasteiger partial charge on any atom is -0.391 e. The van der Waals surface area contributed by atoms with Crippen LogP contribution >= 0.6 is 0 Å². The first kappa shape index (κ1) is 16.3. The number of hydrogen-bond acceptors (Lipinski definition) is 5. The highest BCUT2D eigenvalue weighted by Gasteiger charge is 2.36. The third-order valence-electron chi connectivity index (χ3n) is 5.22. The Balaban J connectivity index is 1.47. The van der Waals surface area contributed by atoms with Gasteiger partial charge in [-0.2, -0.15) is 5.10 Å². The van der Waals surface area contributed by atoms with Gasteiger partial charge in [-0.25, -0.2) is 0 Å². The summed E-state index contributed by atoms with van der Waals surface area (Å²) in [5.74, 6) is 1.20. The fraction of sp³-hybridized carbons (Fsp3) is 0.647. The van der Waals surface area contributed by atoms with Crippen LogP contribution in [0.5, 0.6) is 0 Å². The maximum absolute atomic E-state index is 12.9. The molecule has 2 atom stereocenters. The van der Waals surface area contributed by atoms with Gasteiger partial charge >= 0.3 is 0 Å². The molecule has 0 bridgehead atoms. The number of nitrogens with one attached hydrogen (secondary N) is 1. The van der Waals surface area contributed by atoms with E-state index in [4.69, 9.17) is 0 Å². The summed E-state index contributed by atoms with van der Waals surface area (Å²) in [4.78, 5) is 14.6. The minimum atomic E-state index is -0.535. The number of aliphatic hydroxyl groups excluding tert-OH is 1. The number of aliphatic hydroxyl groups is 1. The van der Waals surface area contributed by atoms with Crippen molar-refractivity contribution in [1.29, 1.82) is 0 Å². The molecule has 2 N–H and O–H groups in total. The zero-order valence-electron chi connectivity index (χ0n) is 14.5. The zero-order chi connectivity index (χ0) is 17.4. The molecule has 0 radical (unpaired) electrons. The Bertz CT molecular complexity index is 767. The van der Waals surface area contributed by atoms with Crippen LogP contribution in [0.15, 0.2) is 6.07 Å². The Morgan fingerprint density at radius 1 is 1.32 bits per heavy atom. The van der Waals surface area contributed by atoms with E-state index >= 15 is 0 Å². The lowest BCUT2D eigenvalue weighted by molar-refractivity contribution is 0.0747. The molecule has 2 aromatic heterocycles. The van der Waals surface area contributed by atoms with Gasteiger partial charge in [-0.1, -0.05) is 6.42 Å². The summed E-state index contributed by atoms with van der Waals surface area (Å²) in [6.07, 6.45) is 4.31. The fourth-order valence-corrected chi connectivity index (χ4v) is 3.85. The molecular formula is C17H24N6O2. The molecule has 8 nitrogen and oxygen atoms in total. The lowest BCUT2D eigenvalue weighted by Gasteiger charge is -2.16. The number of nitrogens with zero attached hydrogens (tertiary/aromatic N) is 5. The molecule has 0 aromatic carbocycles. The van der Waals surface area contributed by atoms with E-state index in [2.05, 4.69) is 20.4 Å². The SMILES string of the molecule is Cc1cc(C[C@@H]2CN(C(=O)c3nnc4n3CCCCC4)C[C@@H]2O)n[nH]1. The van der Waals surface area contributed by atoms with Crippen molar-refractivity contribution >= 4 is 5.91 Å². The monoisotopic (exact) mass is 344 g/mol. The maximum Gasteiger partial charge on any atom is 0.291 e. The van der Waals surface area contributed by atoms with Gasteiger partial charge in [-0.3, -0.25) is 9.89 Å². The second-order valence-electron chi connectivity index (χ2n) is 7.19. The zero-order valence-corrected chi connectivity index (χ0v) is 14.5. The Morgan fingerprint density at radius 2 is 2.20 bits per heavy atom. The number of H-pyrrole nitrogens is 1. The van der Waals surface area contributed by atoms with Crippen LogP contribution in [0.3, 0.4) is 0 Å². The normalized spacial score (nSPS) is 23.5. The summed E-state index contributed by atoms with van der Waals surface area (Å²) in [6.45, 7) is 3.62. The number of β-amino-alcohol motifs (C(OH)–C–C–N with tert-alkyl or cyclic N) is 1. The number of aryl methyl sites for hydroxylation is 2. The van der Waals surface area contributed by atoms with Crippen molar-refractivity contribution in [3.63, 3.8) is 0 Å². The highest BCUT2D eigenvalue weighted by Crippen LogP contribution is 2.23. The van der Waals surface area contributed by atoms with E-state index < -0.39 is 6.10 Å². The van der Waals surface area contributed by atoms with Gasteiger partial charge in [-0.05, 0) is 32.3 Å². The lowest BCUT2D eigenvalue weighted by Crippen LogP contribution is -2.32. The van der Waals surface area contributed by atoms with Crippen LogP contribution in [0.2, 0.25) is 0 Å². The van der Waals surface area contributed by atoms with Crippen LogP contribution in [0.25, 0.3) is 0 Å². The van der Waals surface area contributed by atoms with Crippen LogP contribution in [-0.2, 0) is 19.4 Å². The molecule has 4 heterocycles. The first-order valence-corrected chi connectivity index (χ1v) is 9.02. The molecular weight excluding hydrogens is 320 g/mol.